The minimum atomic E-state index is -4.14. The minimum absolute atomic E-state index is 0.0905. The molecule has 0 atom stereocenters. The van der Waals surface area contributed by atoms with Gasteiger partial charge in [-0.25, -0.2) is 27.3 Å². The number of sulfone groups is 1. The van der Waals surface area contributed by atoms with E-state index in [1.807, 2.05) is 0 Å². The van der Waals surface area contributed by atoms with Gasteiger partial charge in [0.25, 0.3) is 0 Å². The van der Waals surface area contributed by atoms with Gasteiger partial charge in [-0.2, -0.15) is 5.10 Å². The van der Waals surface area contributed by atoms with Gasteiger partial charge in [0.05, 0.1) is 17.1 Å². The molecule has 11 heteroatoms. The van der Waals surface area contributed by atoms with Gasteiger partial charge in [0.2, 0.25) is 9.84 Å². The summed E-state index contributed by atoms with van der Waals surface area (Å²) in [5, 5.41) is 12.9. The zero-order chi connectivity index (χ0) is 20.5. The van der Waals surface area contributed by atoms with Crippen LogP contribution in [0.15, 0.2) is 58.6 Å². The van der Waals surface area contributed by atoms with Gasteiger partial charge in [0.15, 0.2) is 5.03 Å². The topological polar surface area (TPSA) is 105 Å². The summed E-state index contributed by atoms with van der Waals surface area (Å²) in [7, 11) is -2.83. The molecule has 0 radical (unpaired) electrons. The number of pyridine rings is 1. The summed E-state index contributed by atoms with van der Waals surface area (Å²) in [6.07, 6.45) is -0.133. The van der Waals surface area contributed by atoms with Crippen LogP contribution in [0.1, 0.15) is 5.69 Å². The second kappa shape index (κ2) is 7.56. The Hall–Kier alpha value is -2.98. The van der Waals surface area contributed by atoms with Crippen molar-refractivity contribution in [3.8, 4) is 5.69 Å². The Balaban J connectivity index is 2.18. The van der Waals surface area contributed by atoms with Crippen molar-refractivity contribution >= 4 is 27.5 Å². The lowest BCUT2D eigenvalue weighted by atomic mass is 10.3. The van der Waals surface area contributed by atoms with E-state index in [1.165, 1.54) is 49.5 Å². The zero-order valence-electron chi connectivity index (χ0n) is 14.5. The van der Waals surface area contributed by atoms with Gasteiger partial charge in [-0.05, 0) is 24.3 Å². The SMILES string of the molecule is CN(Cc1cc(S(=O)(=O)c2ccc(Cl)nc2)n(-c2ccccc2F)n1)C(=O)O. The summed E-state index contributed by atoms with van der Waals surface area (Å²) in [6.45, 7) is -0.182. The lowest BCUT2D eigenvalue weighted by Gasteiger charge is -2.10. The van der Waals surface area contributed by atoms with Crippen LogP contribution in [0.4, 0.5) is 9.18 Å². The molecule has 0 fully saturated rings. The molecule has 0 spiro atoms. The Morgan fingerprint density at radius 3 is 2.61 bits per heavy atom. The molecule has 0 aliphatic heterocycles. The van der Waals surface area contributed by atoms with Gasteiger partial charge >= 0.3 is 6.09 Å². The number of aromatic nitrogens is 3. The van der Waals surface area contributed by atoms with Crippen molar-refractivity contribution < 1.29 is 22.7 Å². The molecule has 0 aliphatic carbocycles. The van der Waals surface area contributed by atoms with Crippen molar-refractivity contribution in [2.24, 2.45) is 0 Å². The van der Waals surface area contributed by atoms with Crippen LogP contribution in [0.2, 0.25) is 5.15 Å². The third-order valence-corrected chi connectivity index (χ3v) is 5.75. The number of carbonyl (C=O) groups is 1. The minimum Gasteiger partial charge on any atom is -0.465 e. The van der Waals surface area contributed by atoms with Crippen molar-refractivity contribution in [1.82, 2.24) is 19.7 Å². The lowest BCUT2D eigenvalue weighted by Crippen LogP contribution is -2.24. The van der Waals surface area contributed by atoms with Gasteiger partial charge in [-0.3, -0.25) is 0 Å². The molecule has 146 valence electrons. The number of carboxylic acid groups (broad SMARTS) is 1. The quantitative estimate of drug-likeness (QED) is 0.631. The number of nitrogens with zero attached hydrogens (tertiary/aromatic N) is 4. The maximum atomic E-state index is 14.3. The first-order chi connectivity index (χ1) is 13.2. The van der Waals surface area contributed by atoms with E-state index in [9.17, 15) is 17.6 Å². The van der Waals surface area contributed by atoms with Crippen LogP contribution in [0, 0.1) is 5.82 Å². The molecule has 1 aromatic carbocycles. The summed E-state index contributed by atoms with van der Waals surface area (Å²) in [5.41, 5.74) is 0.0425. The normalized spacial score (nSPS) is 11.4. The first-order valence-corrected chi connectivity index (χ1v) is 9.71. The number of halogens is 2. The van der Waals surface area contributed by atoms with E-state index in [1.54, 1.807) is 0 Å². The van der Waals surface area contributed by atoms with Gasteiger partial charge in [-0.1, -0.05) is 23.7 Å². The molecule has 1 amide bonds. The first-order valence-electron chi connectivity index (χ1n) is 7.84. The molecule has 0 saturated heterocycles. The van der Waals surface area contributed by atoms with E-state index < -0.39 is 21.7 Å². The zero-order valence-corrected chi connectivity index (χ0v) is 16.0. The Bertz CT molecular complexity index is 1130. The first kappa shape index (κ1) is 19.8. The van der Waals surface area contributed by atoms with E-state index in [-0.39, 0.29) is 33.0 Å². The fourth-order valence-electron chi connectivity index (χ4n) is 2.43. The van der Waals surface area contributed by atoms with Crippen molar-refractivity contribution in [3.05, 3.63) is 65.3 Å². The van der Waals surface area contributed by atoms with Crippen LogP contribution >= 0.6 is 11.6 Å². The second-order valence-electron chi connectivity index (χ2n) is 5.80. The molecule has 2 heterocycles. The summed E-state index contributed by atoms with van der Waals surface area (Å²) in [6, 6.07) is 9.31. The number of rotatable bonds is 5. The summed E-state index contributed by atoms with van der Waals surface area (Å²) >= 11 is 5.71. The molecule has 0 unspecified atom stereocenters. The van der Waals surface area contributed by atoms with Crippen molar-refractivity contribution in [1.29, 1.82) is 0 Å². The molecule has 8 nitrogen and oxygen atoms in total. The molecular weight excluding hydrogens is 411 g/mol. The fraction of sp³-hybridized carbons (Fsp3) is 0.118. The molecule has 2 aromatic heterocycles. The van der Waals surface area contributed by atoms with E-state index in [0.717, 1.165) is 15.8 Å². The molecule has 3 aromatic rings. The molecule has 0 saturated carbocycles. The highest BCUT2D eigenvalue weighted by Gasteiger charge is 2.27. The van der Waals surface area contributed by atoms with Crippen LogP contribution < -0.4 is 0 Å². The molecule has 0 aliphatic rings. The summed E-state index contributed by atoms with van der Waals surface area (Å²) in [5.74, 6) is -0.686. The summed E-state index contributed by atoms with van der Waals surface area (Å²) in [4.78, 5) is 15.6. The Labute approximate surface area is 164 Å². The average Bonchev–Trinajstić information content (AvgIpc) is 3.06. The van der Waals surface area contributed by atoms with E-state index in [2.05, 4.69) is 10.1 Å². The van der Waals surface area contributed by atoms with Gasteiger partial charge in [-0.15, -0.1) is 0 Å². The largest absolute Gasteiger partial charge is 0.465 e. The lowest BCUT2D eigenvalue weighted by molar-refractivity contribution is 0.153. The highest BCUT2D eigenvalue weighted by molar-refractivity contribution is 7.91. The number of amides is 1. The van der Waals surface area contributed by atoms with Crippen LogP contribution in [-0.4, -0.2) is 46.3 Å². The maximum Gasteiger partial charge on any atom is 0.407 e. The van der Waals surface area contributed by atoms with Gasteiger partial charge in [0, 0.05) is 19.3 Å². The van der Waals surface area contributed by atoms with Crippen LogP contribution in [0.3, 0.4) is 0 Å². The average molecular weight is 425 g/mol. The molecular formula is C17H14ClFN4O4S. The van der Waals surface area contributed by atoms with Gasteiger partial charge in [0.1, 0.15) is 16.7 Å². The maximum absolute atomic E-state index is 14.3. The third kappa shape index (κ3) is 3.82. The van der Waals surface area contributed by atoms with E-state index in [4.69, 9.17) is 16.7 Å². The predicted octanol–water partition coefficient (Wildman–Crippen LogP) is 3.00. The Morgan fingerprint density at radius 2 is 2.00 bits per heavy atom. The molecule has 1 N–H and O–H groups in total. The highest BCUT2D eigenvalue weighted by Crippen LogP contribution is 2.26. The number of hydrogen-bond acceptors (Lipinski definition) is 5. The summed E-state index contributed by atoms with van der Waals surface area (Å²) < 4.78 is 41.4. The highest BCUT2D eigenvalue weighted by atomic mass is 35.5. The van der Waals surface area contributed by atoms with Crippen LogP contribution in [0.5, 0.6) is 0 Å². The Kier molecular flexibility index (Phi) is 5.34. The smallest absolute Gasteiger partial charge is 0.407 e. The predicted molar refractivity (Wildman–Crippen MR) is 97.7 cm³/mol. The standard InChI is InChI=1S/C17H14ClFN4O4S/c1-22(17(24)25)10-11-8-16(23(21-11)14-5-3-2-4-13(14)19)28(26,27)12-6-7-15(18)20-9-12/h2-9H,10H2,1H3,(H,24,25). The number of hydrogen-bond donors (Lipinski definition) is 1. The molecule has 3 rings (SSSR count). The van der Waals surface area contributed by atoms with Crippen molar-refractivity contribution in [3.63, 3.8) is 0 Å². The van der Waals surface area contributed by atoms with Crippen molar-refractivity contribution in [2.75, 3.05) is 7.05 Å². The van der Waals surface area contributed by atoms with Crippen LogP contribution in [0.25, 0.3) is 5.69 Å². The number of benzene rings is 1. The van der Waals surface area contributed by atoms with Crippen LogP contribution in [-0.2, 0) is 16.4 Å². The third-order valence-electron chi connectivity index (χ3n) is 3.82. The number of para-hydroxylation sites is 1. The Morgan fingerprint density at radius 1 is 1.29 bits per heavy atom. The fourth-order valence-corrected chi connectivity index (χ4v) is 3.88. The van der Waals surface area contributed by atoms with E-state index >= 15 is 0 Å². The van der Waals surface area contributed by atoms with Gasteiger partial charge < -0.3 is 10.0 Å². The monoisotopic (exact) mass is 424 g/mol. The van der Waals surface area contributed by atoms with Crippen molar-refractivity contribution in [2.45, 2.75) is 16.5 Å². The second-order valence-corrected chi connectivity index (χ2v) is 8.08. The molecule has 28 heavy (non-hydrogen) atoms. The molecule has 0 bridgehead atoms. The van der Waals surface area contributed by atoms with E-state index in [0.29, 0.717) is 0 Å².